The van der Waals surface area contributed by atoms with Crippen LogP contribution >= 0.6 is 23.2 Å². The number of amides is 1. The highest BCUT2D eigenvalue weighted by molar-refractivity contribution is 6.36. The minimum atomic E-state index is 0.0463. The molecule has 2 aromatic rings. The van der Waals surface area contributed by atoms with Crippen molar-refractivity contribution in [2.24, 2.45) is 0 Å². The van der Waals surface area contributed by atoms with Gasteiger partial charge < -0.3 is 5.32 Å². The highest BCUT2D eigenvalue weighted by Crippen LogP contribution is 2.25. The largest absolute Gasteiger partial charge is 0.356 e. The van der Waals surface area contributed by atoms with E-state index in [-0.39, 0.29) is 5.91 Å². The van der Waals surface area contributed by atoms with Crippen LogP contribution in [0.5, 0.6) is 0 Å². The molecule has 0 unspecified atom stereocenters. The lowest BCUT2D eigenvalue weighted by Gasteiger charge is -2.28. The summed E-state index contributed by atoms with van der Waals surface area (Å²) in [4.78, 5) is 14.5. The molecule has 1 aliphatic heterocycles. The lowest BCUT2D eigenvalue weighted by Crippen LogP contribution is -2.33. The van der Waals surface area contributed by atoms with E-state index in [1.54, 1.807) is 12.1 Å². The Labute approximate surface area is 165 Å². The molecule has 1 aliphatic rings. The Morgan fingerprint density at radius 2 is 1.77 bits per heavy atom. The Hall–Kier alpha value is -1.55. The Balaban J connectivity index is 1.35. The predicted octanol–water partition coefficient (Wildman–Crippen LogP) is 4.49. The van der Waals surface area contributed by atoms with Gasteiger partial charge in [-0.1, -0.05) is 53.5 Å². The minimum Gasteiger partial charge on any atom is -0.356 e. The summed E-state index contributed by atoms with van der Waals surface area (Å²) in [5.41, 5.74) is 3.74. The molecule has 1 heterocycles. The molecule has 0 bridgehead atoms. The third-order valence-corrected chi connectivity index (χ3v) is 5.55. The normalized spacial score (nSPS) is 14.1. The van der Waals surface area contributed by atoms with E-state index in [2.05, 4.69) is 34.5 Å². The first kappa shape index (κ1) is 19.2. The van der Waals surface area contributed by atoms with Crippen LogP contribution in [0.2, 0.25) is 10.0 Å². The van der Waals surface area contributed by atoms with Crippen LogP contribution in [0, 0.1) is 0 Å². The summed E-state index contributed by atoms with van der Waals surface area (Å²) in [5.74, 6) is 0.0463. The van der Waals surface area contributed by atoms with E-state index in [1.165, 1.54) is 11.1 Å². The molecule has 0 spiro atoms. The van der Waals surface area contributed by atoms with Gasteiger partial charge in [-0.3, -0.25) is 9.69 Å². The van der Waals surface area contributed by atoms with Gasteiger partial charge in [0.15, 0.2) is 0 Å². The molecule has 0 aromatic heterocycles. The van der Waals surface area contributed by atoms with Crippen molar-refractivity contribution in [3.05, 3.63) is 69.2 Å². The molecule has 3 rings (SSSR count). The first-order valence-corrected chi connectivity index (χ1v) is 9.88. The van der Waals surface area contributed by atoms with E-state index in [1.807, 2.05) is 6.07 Å². The van der Waals surface area contributed by atoms with Gasteiger partial charge >= 0.3 is 0 Å². The molecule has 0 saturated carbocycles. The van der Waals surface area contributed by atoms with Gasteiger partial charge in [0, 0.05) is 42.6 Å². The second-order valence-electron chi connectivity index (χ2n) is 6.70. The van der Waals surface area contributed by atoms with Gasteiger partial charge in [-0.05, 0) is 48.1 Å². The van der Waals surface area contributed by atoms with Gasteiger partial charge in [-0.2, -0.15) is 0 Å². The van der Waals surface area contributed by atoms with Gasteiger partial charge in [0.05, 0.1) is 0 Å². The van der Waals surface area contributed by atoms with E-state index >= 15 is 0 Å². The van der Waals surface area contributed by atoms with Crippen molar-refractivity contribution in [1.29, 1.82) is 0 Å². The third kappa shape index (κ3) is 5.23. The molecular formula is C21H24Cl2N2O. The van der Waals surface area contributed by atoms with Crippen molar-refractivity contribution in [2.75, 3.05) is 19.6 Å². The fraction of sp³-hybridized carbons (Fsp3) is 0.381. The van der Waals surface area contributed by atoms with Gasteiger partial charge in [0.1, 0.15) is 0 Å². The molecule has 1 amide bonds. The number of hydrogen-bond acceptors (Lipinski definition) is 2. The van der Waals surface area contributed by atoms with Crippen LogP contribution in [-0.2, 0) is 24.2 Å². The second-order valence-corrected chi connectivity index (χ2v) is 7.51. The molecule has 5 heteroatoms. The number of fused-ring (bicyclic) bond motifs is 1. The smallest absolute Gasteiger partial charge is 0.220 e. The molecule has 138 valence electrons. The Kier molecular flexibility index (Phi) is 6.95. The number of halogens is 2. The minimum absolute atomic E-state index is 0.0463. The maximum absolute atomic E-state index is 12.0. The van der Waals surface area contributed by atoms with Crippen LogP contribution in [0.15, 0.2) is 42.5 Å². The summed E-state index contributed by atoms with van der Waals surface area (Å²) in [6.07, 6.45) is 3.04. The number of rotatable bonds is 7. The maximum atomic E-state index is 12.0. The standard InChI is InChI=1S/C21H24Cl2N2O/c22-19-7-3-8-20(23)18(19)9-10-21(26)24-12-4-13-25-14-11-16-5-1-2-6-17(16)15-25/h1-3,5-8H,4,9-15H2,(H,24,26). The average molecular weight is 391 g/mol. The second kappa shape index (κ2) is 9.40. The van der Waals surface area contributed by atoms with Crippen LogP contribution in [0.4, 0.5) is 0 Å². The Morgan fingerprint density at radius 1 is 1.04 bits per heavy atom. The number of carbonyl (C=O) groups is 1. The lowest BCUT2D eigenvalue weighted by atomic mass is 10.00. The predicted molar refractivity (Wildman–Crippen MR) is 108 cm³/mol. The van der Waals surface area contributed by atoms with Crippen LogP contribution in [0.1, 0.15) is 29.5 Å². The van der Waals surface area contributed by atoms with Crippen molar-refractivity contribution in [1.82, 2.24) is 10.2 Å². The maximum Gasteiger partial charge on any atom is 0.220 e. The van der Waals surface area contributed by atoms with E-state index in [4.69, 9.17) is 23.2 Å². The average Bonchev–Trinajstić information content (AvgIpc) is 2.65. The highest BCUT2D eigenvalue weighted by atomic mass is 35.5. The van der Waals surface area contributed by atoms with Crippen LogP contribution < -0.4 is 5.32 Å². The summed E-state index contributed by atoms with van der Waals surface area (Å²) in [5, 5.41) is 4.24. The van der Waals surface area contributed by atoms with E-state index in [0.29, 0.717) is 29.4 Å². The molecule has 2 aromatic carbocycles. The summed E-state index contributed by atoms with van der Waals surface area (Å²) >= 11 is 12.3. The zero-order valence-electron chi connectivity index (χ0n) is 14.8. The summed E-state index contributed by atoms with van der Waals surface area (Å²) in [6, 6.07) is 14.1. The van der Waals surface area contributed by atoms with E-state index < -0.39 is 0 Å². The summed E-state index contributed by atoms with van der Waals surface area (Å²) in [7, 11) is 0. The van der Waals surface area contributed by atoms with Gasteiger partial charge in [-0.25, -0.2) is 0 Å². The Morgan fingerprint density at radius 3 is 2.54 bits per heavy atom. The number of benzene rings is 2. The van der Waals surface area contributed by atoms with Crippen LogP contribution in [0.3, 0.4) is 0 Å². The van der Waals surface area contributed by atoms with Gasteiger partial charge in [0.25, 0.3) is 0 Å². The molecule has 1 N–H and O–H groups in total. The number of nitrogens with one attached hydrogen (secondary N) is 1. The monoisotopic (exact) mass is 390 g/mol. The molecule has 0 saturated heterocycles. The Bertz CT molecular complexity index is 743. The fourth-order valence-corrected chi connectivity index (χ4v) is 3.96. The molecular weight excluding hydrogens is 367 g/mol. The summed E-state index contributed by atoms with van der Waals surface area (Å²) in [6.45, 7) is 3.81. The van der Waals surface area contributed by atoms with E-state index in [9.17, 15) is 4.79 Å². The van der Waals surface area contributed by atoms with Crippen LogP contribution in [0.25, 0.3) is 0 Å². The zero-order valence-corrected chi connectivity index (χ0v) is 16.3. The number of carbonyl (C=O) groups excluding carboxylic acids is 1. The molecule has 0 atom stereocenters. The lowest BCUT2D eigenvalue weighted by molar-refractivity contribution is -0.121. The first-order chi connectivity index (χ1) is 12.6. The highest BCUT2D eigenvalue weighted by Gasteiger charge is 2.15. The van der Waals surface area contributed by atoms with Crippen molar-refractivity contribution in [3.8, 4) is 0 Å². The van der Waals surface area contributed by atoms with Crippen molar-refractivity contribution in [3.63, 3.8) is 0 Å². The third-order valence-electron chi connectivity index (χ3n) is 4.85. The SMILES string of the molecule is O=C(CCc1c(Cl)cccc1Cl)NCCCN1CCc2ccccc2C1. The molecule has 0 radical (unpaired) electrons. The quantitative estimate of drug-likeness (QED) is 0.706. The number of hydrogen-bond donors (Lipinski definition) is 1. The van der Waals surface area contributed by atoms with Crippen LogP contribution in [-0.4, -0.2) is 30.4 Å². The van der Waals surface area contributed by atoms with E-state index in [0.717, 1.165) is 38.0 Å². The molecule has 0 aliphatic carbocycles. The molecule has 3 nitrogen and oxygen atoms in total. The number of nitrogens with zero attached hydrogens (tertiary/aromatic N) is 1. The first-order valence-electron chi connectivity index (χ1n) is 9.12. The fourth-order valence-electron chi connectivity index (χ4n) is 3.37. The molecule has 0 fully saturated rings. The van der Waals surface area contributed by atoms with Crippen molar-refractivity contribution < 1.29 is 4.79 Å². The topological polar surface area (TPSA) is 32.3 Å². The van der Waals surface area contributed by atoms with Crippen molar-refractivity contribution >= 4 is 29.1 Å². The summed E-state index contributed by atoms with van der Waals surface area (Å²) < 4.78 is 0. The molecule has 26 heavy (non-hydrogen) atoms. The van der Waals surface area contributed by atoms with Gasteiger partial charge in [0.2, 0.25) is 5.91 Å². The van der Waals surface area contributed by atoms with Gasteiger partial charge in [-0.15, -0.1) is 0 Å². The van der Waals surface area contributed by atoms with Crippen molar-refractivity contribution in [2.45, 2.75) is 32.2 Å². The zero-order chi connectivity index (χ0) is 18.4.